The molecule has 0 bridgehead atoms. The molecule has 0 spiro atoms. The Morgan fingerprint density at radius 3 is 1.88 bits per heavy atom. The summed E-state index contributed by atoms with van der Waals surface area (Å²) in [5.41, 5.74) is 6.41. The molecule has 10 rings (SSSR count). The zero-order chi connectivity index (χ0) is 28.1. The molecule has 2 heterocycles. The number of thiophene rings is 1. The number of nitrogens with zero attached hydrogens (tertiary/aromatic N) is 2. The first kappa shape index (κ1) is 23.2. The van der Waals surface area contributed by atoms with Crippen LogP contribution < -0.4 is 0 Å². The van der Waals surface area contributed by atoms with Gasteiger partial charge in [0.15, 0.2) is 0 Å². The maximum Gasteiger partial charge on any atom is 0.0979 e. The second-order valence-electron chi connectivity index (χ2n) is 11.4. The van der Waals surface area contributed by atoms with Crippen LogP contribution >= 0.6 is 11.3 Å². The highest BCUT2D eigenvalue weighted by atomic mass is 32.1. The third-order valence-electron chi connectivity index (χ3n) is 9.03. The van der Waals surface area contributed by atoms with Gasteiger partial charge in [-0.25, -0.2) is 4.98 Å². The Kier molecular flexibility index (Phi) is 4.63. The molecule has 43 heavy (non-hydrogen) atoms. The molecule has 198 valence electrons. The highest BCUT2D eigenvalue weighted by Crippen LogP contribution is 2.45. The van der Waals surface area contributed by atoms with E-state index in [2.05, 4.69) is 127 Å². The molecule has 0 aliphatic carbocycles. The summed E-state index contributed by atoms with van der Waals surface area (Å²) in [5.74, 6) is 0. The molecule has 8 aromatic carbocycles. The maximum atomic E-state index is 5.20. The van der Waals surface area contributed by atoms with E-state index in [0.717, 1.165) is 33.1 Å². The molecule has 0 atom stereocenters. The van der Waals surface area contributed by atoms with Crippen LogP contribution in [-0.4, -0.2) is 9.97 Å². The molecule has 0 N–H and O–H groups in total. The number of rotatable bonds is 2. The van der Waals surface area contributed by atoms with Gasteiger partial charge in [-0.1, -0.05) is 109 Å². The van der Waals surface area contributed by atoms with E-state index < -0.39 is 0 Å². The van der Waals surface area contributed by atoms with Gasteiger partial charge in [-0.3, -0.25) is 4.98 Å². The van der Waals surface area contributed by atoms with Gasteiger partial charge >= 0.3 is 0 Å². The normalized spacial score (nSPS) is 12.2. The van der Waals surface area contributed by atoms with Crippen LogP contribution in [0.4, 0.5) is 0 Å². The van der Waals surface area contributed by atoms with E-state index in [1.807, 2.05) is 17.5 Å². The van der Waals surface area contributed by atoms with Crippen LogP contribution in [0.5, 0.6) is 0 Å². The Morgan fingerprint density at radius 2 is 1.09 bits per heavy atom. The van der Waals surface area contributed by atoms with E-state index in [-0.39, 0.29) is 0 Å². The molecule has 0 unspecified atom stereocenters. The van der Waals surface area contributed by atoms with Gasteiger partial charge in [0.2, 0.25) is 0 Å². The van der Waals surface area contributed by atoms with E-state index >= 15 is 0 Å². The van der Waals surface area contributed by atoms with E-state index in [1.165, 1.54) is 63.6 Å². The fourth-order valence-corrected chi connectivity index (χ4v) is 8.30. The SMILES string of the molecule is c1cc2ccc3ccc(-c4ccc5cc(-c6cnc7c8ccccc8c8ccccc8c7n6)ccc5c4)c4sc(c1)c2c34. The van der Waals surface area contributed by atoms with Crippen LogP contribution in [0.3, 0.4) is 0 Å². The fourth-order valence-electron chi connectivity index (χ4n) is 6.99. The maximum absolute atomic E-state index is 5.20. The Morgan fingerprint density at radius 1 is 0.465 bits per heavy atom. The second-order valence-corrected chi connectivity index (χ2v) is 12.4. The van der Waals surface area contributed by atoms with Crippen LogP contribution in [0.25, 0.3) is 96.7 Å². The van der Waals surface area contributed by atoms with Crippen molar-refractivity contribution in [3.8, 4) is 22.4 Å². The van der Waals surface area contributed by atoms with Gasteiger partial charge in [0, 0.05) is 36.5 Å². The molecule has 0 aliphatic rings. The second kappa shape index (κ2) is 8.57. The smallest absolute Gasteiger partial charge is 0.0979 e. The molecule has 10 aromatic rings. The number of aromatic nitrogens is 2. The lowest BCUT2D eigenvalue weighted by Gasteiger charge is -2.11. The van der Waals surface area contributed by atoms with Crippen LogP contribution in [-0.2, 0) is 0 Å². The Bertz CT molecular complexity index is 2700. The first-order valence-corrected chi connectivity index (χ1v) is 15.4. The van der Waals surface area contributed by atoms with Crippen molar-refractivity contribution in [2.45, 2.75) is 0 Å². The Hall–Kier alpha value is -5.38. The molecule has 0 saturated heterocycles. The molecule has 2 aromatic heterocycles. The number of benzene rings is 8. The van der Waals surface area contributed by atoms with Gasteiger partial charge in [-0.15, -0.1) is 11.3 Å². The third kappa shape index (κ3) is 3.28. The molecular weight excluding hydrogens is 541 g/mol. The number of hydrogen-bond donors (Lipinski definition) is 0. The summed E-state index contributed by atoms with van der Waals surface area (Å²) in [4.78, 5) is 10.2. The first-order valence-electron chi connectivity index (χ1n) is 14.6. The lowest BCUT2D eigenvalue weighted by molar-refractivity contribution is 1.31. The summed E-state index contributed by atoms with van der Waals surface area (Å²) in [7, 11) is 0. The van der Waals surface area contributed by atoms with Crippen molar-refractivity contribution in [3.63, 3.8) is 0 Å². The highest BCUT2D eigenvalue weighted by Gasteiger charge is 2.16. The third-order valence-corrected chi connectivity index (χ3v) is 10.2. The average Bonchev–Trinajstić information content (AvgIpc) is 3.48. The zero-order valence-electron chi connectivity index (χ0n) is 23.0. The monoisotopic (exact) mass is 562 g/mol. The van der Waals surface area contributed by atoms with E-state index in [0.29, 0.717) is 0 Å². The van der Waals surface area contributed by atoms with Crippen LogP contribution in [0.2, 0.25) is 0 Å². The average molecular weight is 563 g/mol. The number of hydrogen-bond acceptors (Lipinski definition) is 3. The summed E-state index contributed by atoms with van der Waals surface area (Å²) < 4.78 is 2.72. The molecule has 0 fully saturated rings. The predicted octanol–water partition coefficient (Wildman–Crippen LogP) is 11.4. The predicted molar refractivity (Wildman–Crippen MR) is 185 cm³/mol. The van der Waals surface area contributed by atoms with E-state index in [9.17, 15) is 0 Å². The highest BCUT2D eigenvalue weighted by molar-refractivity contribution is 7.26. The molecule has 0 saturated carbocycles. The standard InChI is InChI=1S/C40H22N2S/c1-3-9-32-30(7-1)31-8-2-4-10-33(31)39-38(32)41-22-34(42-39)28-17-15-25-20-27(16-14-26(25)21-28)29-19-18-24-13-12-23-6-5-11-35-36(23)37(24)40(29)43-35/h1-22H. The molecule has 0 amide bonds. The minimum Gasteiger partial charge on any atom is -0.252 e. The summed E-state index contributed by atoms with van der Waals surface area (Å²) in [6.45, 7) is 0. The molecule has 2 nitrogen and oxygen atoms in total. The van der Waals surface area contributed by atoms with Gasteiger partial charge in [-0.05, 0) is 61.6 Å². The van der Waals surface area contributed by atoms with Crippen LogP contribution in [0, 0.1) is 0 Å². The largest absolute Gasteiger partial charge is 0.252 e. The summed E-state index contributed by atoms with van der Waals surface area (Å²) in [6, 6.07) is 46.2. The van der Waals surface area contributed by atoms with Crippen molar-refractivity contribution in [3.05, 3.63) is 134 Å². The molecule has 0 aliphatic heterocycles. The van der Waals surface area contributed by atoms with Crippen molar-refractivity contribution >= 4 is 85.6 Å². The molecular formula is C40H22N2S. The summed E-state index contributed by atoms with van der Waals surface area (Å²) >= 11 is 1.90. The van der Waals surface area contributed by atoms with Crippen molar-refractivity contribution in [2.75, 3.05) is 0 Å². The van der Waals surface area contributed by atoms with Gasteiger partial charge in [0.1, 0.15) is 0 Å². The first-order chi connectivity index (χ1) is 21.3. The van der Waals surface area contributed by atoms with Gasteiger partial charge in [0.05, 0.1) is 22.9 Å². The van der Waals surface area contributed by atoms with Crippen molar-refractivity contribution in [1.82, 2.24) is 9.97 Å². The minimum atomic E-state index is 0.889. The van der Waals surface area contributed by atoms with Crippen LogP contribution in [0.15, 0.2) is 134 Å². The quantitative estimate of drug-likeness (QED) is 0.196. The topological polar surface area (TPSA) is 25.8 Å². The van der Waals surface area contributed by atoms with Gasteiger partial charge < -0.3 is 0 Å². The minimum absolute atomic E-state index is 0.889. The van der Waals surface area contributed by atoms with E-state index in [1.54, 1.807) is 0 Å². The van der Waals surface area contributed by atoms with Crippen molar-refractivity contribution in [2.24, 2.45) is 0 Å². The van der Waals surface area contributed by atoms with Gasteiger partial charge in [-0.2, -0.15) is 0 Å². The van der Waals surface area contributed by atoms with Crippen LogP contribution in [0.1, 0.15) is 0 Å². The molecule has 0 radical (unpaired) electrons. The number of fused-ring (bicyclic) bond motifs is 7. The molecule has 3 heteroatoms. The fraction of sp³-hybridized carbons (Fsp3) is 0. The summed E-state index contributed by atoms with van der Waals surface area (Å²) in [6.07, 6.45) is 1.92. The lowest BCUT2D eigenvalue weighted by Crippen LogP contribution is -1.92. The van der Waals surface area contributed by atoms with E-state index in [4.69, 9.17) is 9.97 Å². The lowest BCUT2D eigenvalue weighted by atomic mass is 9.95. The summed E-state index contributed by atoms with van der Waals surface area (Å²) in [5, 5.41) is 12.5. The van der Waals surface area contributed by atoms with Crippen molar-refractivity contribution in [1.29, 1.82) is 0 Å². The van der Waals surface area contributed by atoms with Gasteiger partial charge in [0.25, 0.3) is 0 Å². The Balaban J connectivity index is 1.12. The zero-order valence-corrected chi connectivity index (χ0v) is 23.8. The van der Waals surface area contributed by atoms with Crippen molar-refractivity contribution < 1.29 is 0 Å². The Labute approximate surface area is 250 Å².